The molecule has 0 saturated carbocycles. The Morgan fingerprint density at radius 2 is 1.40 bits per heavy atom. The molecule has 0 aliphatic carbocycles. The van der Waals surface area contributed by atoms with Crippen LogP contribution in [0.4, 0.5) is 0 Å². The van der Waals surface area contributed by atoms with E-state index in [2.05, 4.69) is 0 Å². The smallest absolute Gasteiger partial charge is 0 e. The zero-order chi connectivity index (χ0) is 3.58. The summed E-state index contributed by atoms with van der Waals surface area (Å²) in [7, 11) is 0. The Balaban J connectivity index is 0. The van der Waals surface area contributed by atoms with Crippen LogP contribution in [-0.2, 0) is 19.5 Å². The molecular weight excluding hydrogens is 113 g/mol. The van der Waals surface area contributed by atoms with Crippen LogP contribution in [0.15, 0.2) is 5.57 Å². The Kier molecular flexibility index (Phi) is 7.88. The molecule has 5 heavy (non-hydrogen) atoms. The van der Waals surface area contributed by atoms with E-state index in [1.165, 1.54) is 0 Å². The first-order chi connectivity index (χ1) is 1.73. The normalized spacial score (nSPS) is 5.20. The maximum atomic E-state index is 5.03. The molecule has 0 aliphatic heterocycles. The van der Waals surface area contributed by atoms with Crippen LogP contribution in [0.5, 0.6) is 0 Å². The minimum absolute atomic E-state index is 0. The van der Waals surface area contributed by atoms with E-state index in [0.717, 1.165) is 5.57 Å². The van der Waals surface area contributed by atoms with Crippen LogP contribution in [0.1, 0.15) is 13.8 Å². The maximum Gasteiger partial charge on any atom is 0 e. The van der Waals surface area contributed by atoms with Crippen molar-refractivity contribution in [1.82, 2.24) is 0 Å². The van der Waals surface area contributed by atoms with E-state index < -0.39 is 0 Å². The zero-order valence-corrected chi connectivity index (χ0v) is 6.75. The quantitative estimate of drug-likeness (QED) is 0.335. The van der Waals surface area contributed by atoms with Crippen molar-refractivity contribution in [3.8, 4) is 0 Å². The summed E-state index contributed by atoms with van der Waals surface area (Å²) in [6.45, 7) is 8.75. The third-order valence-corrected chi connectivity index (χ3v) is 0. The van der Waals surface area contributed by atoms with Crippen LogP contribution in [-0.4, -0.2) is 0 Å². The van der Waals surface area contributed by atoms with Crippen LogP contribution in [0.25, 0.3) is 0 Å². The number of rotatable bonds is 0. The molecule has 26 valence electrons. The van der Waals surface area contributed by atoms with Crippen molar-refractivity contribution >= 4 is 0 Å². The van der Waals surface area contributed by atoms with Gasteiger partial charge in [-0.05, 0) is 0 Å². The summed E-state index contributed by atoms with van der Waals surface area (Å²) in [5, 5.41) is 0. The molecule has 0 radical (unpaired) electrons. The van der Waals surface area contributed by atoms with Crippen molar-refractivity contribution in [1.29, 1.82) is 0 Å². The molecule has 0 bridgehead atoms. The largest absolute Gasteiger partial charge is 0.515 e. The van der Waals surface area contributed by atoms with Gasteiger partial charge in [-0.2, -0.15) is 0 Å². The minimum Gasteiger partial charge on any atom is -0.515 e. The van der Waals surface area contributed by atoms with Crippen LogP contribution in [0.2, 0.25) is 0 Å². The van der Waals surface area contributed by atoms with Gasteiger partial charge in [-0.3, -0.25) is 5.57 Å². The molecule has 0 saturated heterocycles. The van der Waals surface area contributed by atoms with Crippen molar-refractivity contribution in [2.45, 2.75) is 13.8 Å². The van der Waals surface area contributed by atoms with E-state index >= 15 is 0 Å². The van der Waals surface area contributed by atoms with E-state index in [9.17, 15) is 0 Å². The first kappa shape index (κ1) is 9.03. The molecule has 0 fully saturated rings. The summed E-state index contributed by atoms with van der Waals surface area (Å²) in [5.74, 6) is 0. The average Bonchev–Trinajstić information content (AvgIpc) is 0.811. The van der Waals surface area contributed by atoms with Gasteiger partial charge in [-0.1, -0.05) is 13.8 Å². The van der Waals surface area contributed by atoms with Crippen LogP contribution < -0.4 is 0 Å². The number of hydrogen-bond donors (Lipinski definition) is 0. The van der Waals surface area contributed by atoms with Crippen molar-refractivity contribution in [2.24, 2.45) is 0 Å². The predicted molar refractivity (Wildman–Crippen MR) is 19.2 cm³/mol. The SMILES string of the molecule is [CH-]=C(C)C.[Zn]. The summed E-state index contributed by atoms with van der Waals surface area (Å²) in [6, 6.07) is 0. The van der Waals surface area contributed by atoms with Gasteiger partial charge in [0.2, 0.25) is 0 Å². The fraction of sp³-hybridized carbons (Fsp3) is 0.500. The third-order valence-electron chi connectivity index (χ3n) is 0. The van der Waals surface area contributed by atoms with E-state index in [4.69, 9.17) is 6.58 Å². The first-order valence-corrected chi connectivity index (χ1v) is 1.29. The van der Waals surface area contributed by atoms with Crippen LogP contribution in [0, 0.1) is 6.58 Å². The predicted octanol–water partition coefficient (Wildman–Crippen LogP) is 1.38. The summed E-state index contributed by atoms with van der Waals surface area (Å²) >= 11 is 0. The molecule has 0 rings (SSSR count). The third kappa shape index (κ3) is 185. The second kappa shape index (κ2) is 4.36. The molecule has 0 unspecified atom stereocenters. The van der Waals surface area contributed by atoms with Gasteiger partial charge in [0.1, 0.15) is 0 Å². The summed E-state index contributed by atoms with van der Waals surface area (Å²) in [4.78, 5) is 0. The molecule has 0 aromatic rings. The molecule has 0 nitrogen and oxygen atoms in total. The fourth-order valence-corrected chi connectivity index (χ4v) is 0. The molecule has 0 N–H and O–H groups in total. The van der Waals surface area contributed by atoms with Crippen LogP contribution >= 0.6 is 0 Å². The van der Waals surface area contributed by atoms with E-state index in [1.54, 1.807) is 0 Å². The molecule has 0 amide bonds. The van der Waals surface area contributed by atoms with E-state index in [1.807, 2.05) is 13.8 Å². The second-order valence-corrected chi connectivity index (χ2v) is 1.08. The molecule has 0 aromatic carbocycles. The number of hydrogen-bond acceptors (Lipinski definition) is 0. The van der Waals surface area contributed by atoms with Gasteiger partial charge in [0.05, 0.1) is 0 Å². The van der Waals surface area contributed by atoms with Gasteiger partial charge in [0, 0.05) is 19.5 Å². The van der Waals surface area contributed by atoms with Gasteiger partial charge in [0.15, 0.2) is 0 Å². The first-order valence-electron chi connectivity index (χ1n) is 1.29. The van der Waals surface area contributed by atoms with Crippen molar-refractivity contribution in [2.75, 3.05) is 0 Å². The maximum absolute atomic E-state index is 5.03. The Hall–Kier alpha value is 0.363. The van der Waals surface area contributed by atoms with Crippen molar-refractivity contribution in [3.63, 3.8) is 0 Å². The van der Waals surface area contributed by atoms with Crippen LogP contribution in [0.3, 0.4) is 0 Å². The Labute approximate surface area is 46.0 Å². The second-order valence-electron chi connectivity index (χ2n) is 1.08. The zero-order valence-electron chi connectivity index (χ0n) is 3.78. The molecular formula is C4H7Zn-. The Morgan fingerprint density at radius 1 is 1.40 bits per heavy atom. The summed E-state index contributed by atoms with van der Waals surface area (Å²) < 4.78 is 0. The fourth-order valence-electron chi connectivity index (χ4n) is 0. The van der Waals surface area contributed by atoms with Gasteiger partial charge in [-0.25, -0.2) is 0 Å². The van der Waals surface area contributed by atoms with Crippen molar-refractivity contribution < 1.29 is 19.5 Å². The molecule has 0 heterocycles. The van der Waals surface area contributed by atoms with Gasteiger partial charge in [-0.15, -0.1) is 0 Å². The standard InChI is InChI=1S/C4H7.Zn/c1-4(2)3;/h1H,2-3H3;/q-1;. The molecule has 0 aromatic heterocycles. The summed E-state index contributed by atoms with van der Waals surface area (Å²) in [6.07, 6.45) is 0. The monoisotopic (exact) mass is 119 g/mol. The molecule has 1 heteroatoms. The molecule has 0 spiro atoms. The summed E-state index contributed by atoms with van der Waals surface area (Å²) in [5.41, 5.74) is 0.917. The molecule has 0 aliphatic rings. The Morgan fingerprint density at radius 3 is 1.40 bits per heavy atom. The van der Waals surface area contributed by atoms with E-state index in [-0.39, 0.29) is 19.5 Å². The van der Waals surface area contributed by atoms with E-state index in [0.29, 0.717) is 0 Å². The van der Waals surface area contributed by atoms with Gasteiger partial charge < -0.3 is 6.58 Å². The Bertz CT molecular complexity index is 26.6. The average molecular weight is 120 g/mol. The molecule has 0 atom stereocenters. The minimum atomic E-state index is 0. The van der Waals surface area contributed by atoms with Gasteiger partial charge in [0.25, 0.3) is 0 Å². The van der Waals surface area contributed by atoms with Crippen molar-refractivity contribution in [3.05, 3.63) is 12.2 Å². The topological polar surface area (TPSA) is 0 Å². The number of allylic oxidation sites excluding steroid dienone is 1. The van der Waals surface area contributed by atoms with Gasteiger partial charge >= 0.3 is 0 Å².